The quantitative estimate of drug-likeness (QED) is 0.333. The van der Waals surface area contributed by atoms with E-state index >= 15 is 0 Å². The third kappa shape index (κ3) is 7.24. The van der Waals surface area contributed by atoms with E-state index in [0.29, 0.717) is 5.92 Å². The first-order valence-corrected chi connectivity index (χ1v) is 13.0. The van der Waals surface area contributed by atoms with Gasteiger partial charge < -0.3 is 24.3 Å². The van der Waals surface area contributed by atoms with Crippen LogP contribution in [0.1, 0.15) is 79.6 Å². The van der Waals surface area contributed by atoms with Gasteiger partial charge in [-0.1, -0.05) is 36.6 Å². The number of aryl methyl sites for hydroxylation is 2. The Morgan fingerprint density at radius 2 is 1.82 bits per heavy atom. The van der Waals surface area contributed by atoms with Crippen LogP contribution < -0.4 is 14.8 Å². The van der Waals surface area contributed by atoms with Gasteiger partial charge in [0.25, 0.3) is 5.91 Å². The second-order valence-electron chi connectivity index (χ2n) is 9.86. The molecule has 0 bridgehead atoms. The first-order chi connectivity index (χ1) is 18.1. The smallest absolute Gasteiger partial charge is 0.328 e. The summed E-state index contributed by atoms with van der Waals surface area (Å²) in [4.78, 5) is 41.3. The molecule has 0 aliphatic heterocycles. The predicted molar refractivity (Wildman–Crippen MR) is 141 cm³/mol. The fourth-order valence-corrected chi connectivity index (χ4v) is 5.15. The van der Waals surface area contributed by atoms with Crippen molar-refractivity contribution in [2.75, 3.05) is 13.9 Å². The number of ether oxygens (including phenoxy) is 4. The zero-order valence-electron chi connectivity index (χ0n) is 23.0. The van der Waals surface area contributed by atoms with E-state index in [0.717, 1.165) is 12.8 Å². The molecule has 9 heteroatoms. The van der Waals surface area contributed by atoms with Gasteiger partial charge in [-0.15, -0.1) is 0 Å². The van der Waals surface area contributed by atoms with Crippen LogP contribution in [0.3, 0.4) is 0 Å². The Morgan fingerprint density at radius 1 is 1.11 bits per heavy atom. The maximum Gasteiger partial charge on any atom is 0.328 e. The molecule has 1 aromatic carbocycles. The van der Waals surface area contributed by atoms with E-state index in [4.69, 9.17) is 18.9 Å². The number of methoxy groups -OCH3 is 1. The zero-order chi connectivity index (χ0) is 27.8. The largest absolute Gasteiger partial charge is 0.493 e. The minimum Gasteiger partial charge on any atom is -0.493 e. The molecule has 0 unspecified atom stereocenters. The van der Waals surface area contributed by atoms with Crippen molar-refractivity contribution in [3.05, 3.63) is 52.8 Å². The van der Waals surface area contributed by atoms with E-state index in [1.165, 1.54) is 55.8 Å². The Hall–Kier alpha value is -3.62. The number of pyridine rings is 1. The van der Waals surface area contributed by atoms with Gasteiger partial charge in [0.1, 0.15) is 12.1 Å². The Bertz CT molecular complexity index is 1140. The number of aromatic nitrogens is 1. The minimum absolute atomic E-state index is 0.00108. The van der Waals surface area contributed by atoms with E-state index in [1.807, 2.05) is 6.92 Å². The molecule has 38 heavy (non-hydrogen) atoms. The van der Waals surface area contributed by atoms with Crippen molar-refractivity contribution in [3.8, 4) is 11.5 Å². The topological polar surface area (TPSA) is 113 Å². The highest BCUT2D eigenvalue weighted by Gasteiger charge is 2.34. The van der Waals surface area contributed by atoms with Crippen molar-refractivity contribution in [3.63, 3.8) is 0 Å². The van der Waals surface area contributed by atoms with Crippen molar-refractivity contribution >= 4 is 17.8 Å². The molecule has 1 aliphatic carbocycles. The summed E-state index contributed by atoms with van der Waals surface area (Å²) in [5, 5.41) is 2.64. The first-order valence-electron chi connectivity index (χ1n) is 13.0. The average Bonchev–Trinajstić information content (AvgIpc) is 3.39. The highest BCUT2D eigenvalue weighted by molar-refractivity contribution is 5.98. The number of nitrogens with one attached hydrogen (secondary N) is 1. The molecule has 0 spiro atoms. The van der Waals surface area contributed by atoms with Crippen LogP contribution in [0.5, 0.6) is 11.5 Å². The van der Waals surface area contributed by atoms with E-state index in [1.54, 1.807) is 6.92 Å². The van der Waals surface area contributed by atoms with Crippen molar-refractivity contribution in [1.29, 1.82) is 0 Å². The summed E-state index contributed by atoms with van der Waals surface area (Å²) in [6, 6.07) is 6.98. The highest BCUT2D eigenvalue weighted by atomic mass is 16.7. The number of amides is 1. The summed E-state index contributed by atoms with van der Waals surface area (Å²) < 4.78 is 21.5. The SMILES string of the molecule is COc1ccnc(C(=O)N[C@@H](C)C(=O)O[C@@H](C)[C@@H](c2ccc(C)cc2C)C2CCCC2)c1OCOC(C)=O. The van der Waals surface area contributed by atoms with Crippen molar-refractivity contribution < 1.29 is 33.3 Å². The number of carbonyl (C=O) groups is 3. The van der Waals surface area contributed by atoms with Gasteiger partial charge in [-0.05, 0) is 57.6 Å². The zero-order valence-corrected chi connectivity index (χ0v) is 23.0. The number of esters is 2. The second-order valence-corrected chi connectivity index (χ2v) is 9.86. The van der Waals surface area contributed by atoms with Crippen molar-refractivity contribution in [2.45, 2.75) is 78.4 Å². The molecule has 1 saturated carbocycles. The number of hydrogen-bond acceptors (Lipinski definition) is 8. The number of carbonyl (C=O) groups excluding carboxylic acids is 3. The summed E-state index contributed by atoms with van der Waals surface area (Å²) in [6.07, 6.45) is 5.56. The fraction of sp³-hybridized carbons (Fsp3) is 0.517. The van der Waals surface area contributed by atoms with Gasteiger partial charge >= 0.3 is 11.9 Å². The maximum atomic E-state index is 13.1. The van der Waals surface area contributed by atoms with Gasteiger partial charge in [-0.2, -0.15) is 0 Å². The van der Waals surface area contributed by atoms with E-state index in [-0.39, 0.29) is 29.2 Å². The summed E-state index contributed by atoms with van der Waals surface area (Å²) in [6.45, 7) is 8.48. The predicted octanol–water partition coefficient (Wildman–Crippen LogP) is 4.63. The maximum absolute atomic E-state index is 13.1. The van der Waals surface area contributed by atoms with Gasteiger partial charge in [0, 0.05) is 25.1 Å². The molecular formula is C29H38N2O7. The molecule has 3 atom stereocenters. The van der Waals surface area contributed by atoms with E-state index in [2.05, 4.69) is 42.3 Å². The van der Waals surface area contributed by atoms with Crippen LogP contribution in [0.2, 0.25) is 0 Å². The Kier molecular flexibility index (Phi) is 10.1. The Balaban J connectivity index is 1.72. The third-order valence-corrected chi connectivity index (χ3v) is 6.97. The number of nitrogens with zero attached hydrogens (tertiary/aromatic N) is 1. The van der Waals surface area contributed by atoms with Gasteiger partial charge in [0.2, 0.25) is 6.79 Å². The second kappa shape index (κ2) is 13.3. The molecule has 206 valence electrons. The van der Waals surface area contributed by atoms with Gasteiger partial charge in [0.05, 0.1) is 7.11 Å². The molecule has 1 N–H and O–H groups in total. The molecule has 1 amide bonds. The molecule has 1 heterocycles. The van der Waals surface area contributed by atoms with Crippen molar-refractivity contribution in [2.24, 2.45) is 5.92 Å². The van der Waals surface area contributed by atoms with Crippen LogP contribution in [0, 0.1) is 19.8 Å². The number of benzene rings is 1. The van der Waals surface area contributed by atoms with Gasteiger partial charge in [0.15, 0.2) is 17.2 Å². The molecule has 1 aliphatic rings. The highest BCUT2D eigenvalue weighted by Crippen LogP contribution is 2.41. The molecule has 0 radical (unpaired) electrons. The molecule has 0 saturated heterocycles. The first kappa shape index (κ1) is 28.9. The molecular weight excluding hydrogens is 488 g/mol. The summed E-state index contributed by atoms with van der Waals surface area (Å²) in [7, 11) is 1.41. The van der Waals surface area contributed by atoms with Crippen LogP contribution in [0.4, 0.5) is 0 Å². The van der Waals surface area contributed by atoms with Crippen molar-refractivity contribution in [1.82, 2.24) is 10.3 Å². The van der Waals surface area contributed by atoms with Crippen LogP contribution >= 0.6 is 0 Å². The molecule has 3 rings (SSSR count). The number of rotatable bonds is 11. The number of hydrogen-bond donors (Lipinski definition) is 1. The summed E-state index contributed by atoms with van der Waals surface area (Å²) >= 11 is 0. The summed E-state index contributed by atoms with van der Waals surface area (Å²) in [5.74, 6) is -0.994. The van der Waals surface area contributed by atoms with E-state index < -0.39 is 30.7 Å². The van der Waals surface area contributed by atoms with Crippen LogP contribution in [-0.4, -0.2) is 48.9 Å². The molecule has 1 aromatic heterocycles. The van der Waals surface area contributed by atoms with Crippen LogP contribution in [0.25, 0.3) is 0 Å². The Labute approximate surface area is 224 Å². The molecule has 2 aromatic rings. The summed E-state index contributed by atoms with van der Waals surface area (Å²) in [5.41, 5.74) is 3.48. The average molecular weight is 527 g/mol. The van der Waals surface area contributed by atoms with Gasteiger partial charge in [-0.25, -0.2) is 9.78 Å². The normalized spacial score (nSPS) is 15.7. The lowest BCUT2D eigenvalue weighted by Gasteiger charge is -2.31. The van der Waals surface area contributed by atoms with Crippen LogP contribution in [0.15, 0.2) is 30.5 Å². The Morgan fingerprint density at radius 3 is 2.45 bits per heavy atom. The van der Waals surface area contributed by atoms with Gasteiger partial charge in [-0.3, -0.25) is 9.59 Å². The van der Waals surface area contributed by atoms with E-state index in [9.17, 15) is 14.4 Å². The van der Waals surface area contributed by atoms with Crippen LogP contribution in [-0.2, 0) is 19.1 Å². The third-order valence-electron chi connectivity index (χ3n) is 6.97. The lowest BCUT2D eigenvalue weighted by atomic mass is 9.79. The monoisotopic (exact) mass is 526 g/mol. The minimum atomic E-state index is -0.942. The molecule has 9 nitrogen and oxygen atoms in total. The lowest BCUT2D eigenvalue weighted by Crippen LogP contribution is -2.42. The fourth-order valence-electron chi connectivity index (χ4n) is 5.15. The lowest BCUT2D eigenvalue weighted by molar-refractivity contribution is -0.152. The standard InChI is InChI=1S/C29H38N2O7/c1-17-11-12-23(18(2)15-17)25(22-9-7-8-10-22)20(4)38-29(34)19(3)31-28(33)26-27(37-16-36-21(5)32)24(35-6)13-14-30-26/h11-15,19-20,22,25H,7-10,16H2,1-6H3,(H,31,33)/t19-,20-,25+/m0/s1. The molecule has 1 fully saturated rings.